The van der Waals surface area contributed by atoms with Crippen LogP contribution in [0.5, 0.6) is 0 Å². The summed E-state index contributed by atoms with van der Waals surface area (Å²) in [4.78, 5) is 31.9. The van der Waals surface area contributed by atoms with Crippen LogP contribution >= 0.6 is 23.2 Å². The molecule has 1 fully saturated rings. The molecule has 1 aliphatic heterocycles. The van der Waals surface area contributed by atoms with E-state index in [1.807, 2.05) is 43.3 Å². The van der Waals surface area contributed by atoms with Crippen LogP contribution in [0, 0.1) is 0 Å². The van der Waals surface area contributed by atoms with Crippen LogP contribution < -0.4 is 0 Å². The molecular formula is C27H26Cl2N2O4. The number of rotatable bonds is 8. The first-order chi connectivity index (χ1) is 16.9. The molecule has 8 heteroatoms. The molecule has 0 spiro atoms. The number of carbonyl (C=O) groups is 2. The number of halogens is 2. The third kappa shape index (κ3) is 5.67. The van der Waals surface area contributed by atoms with Gasteiger partial charge >= 0.3 is 5.97 Å². The van der Waals surface area contributed by atoms with Crippen LogP contribution in [0.25, 0.3) is 0 Å². The highest BCUT2D eigenvalue weighted by Gasteiger charge is 2.48. The van der Waals surface area contributed by atoms with Gasteiger partial charge in [-0.15, -0.1) is 0 Å². The van der Waals surface area contributed by atoms with E-state index in [1.165, 1.54) is 4.90 Å². The van der Waals surface area contributed by atoms with Gasteiger partial charge in [0.25, 0.3) is 5.91 Å². The lowest BCUT2D eigenvalue weighted by atomic mass is 9.89. The van der Waals surface area contributed by atoms with Crippen molar-refractivity contribution in [1.82, 2.24) is 9.88 Å². The third-order valence-corrected chi connectivity index (χ3v) is 6.69. The Bertz CT molecular complexity index is 1160. The van der Waals surface area contributed by atoms with E-state index in [-0.39, 0.29) is 5.91 Å². The van der Waals surface area contributed by atoms with Crippen molar-refractivity contribution in [3.8, 4) is 0 Å². The van der Waals surface area contributed by atoms with Crippen LogP contribution in [0.15, 0.2) is 73.1 Å². The van der Waals surface area contributed by atoms with E-state index in [2.05, 4.69) is 4.98 Å². The zero-order chi connectivity index (χ0) is 24.9. The molecule has 1 unspecified atom stereocenters. The lowest BCUT2D eigenvalue weighted by Crippen LogP contribution is -2.57. The maximum atomic E-state index is 13.9. The Morgan fingerprint density at radius 2 is 1.57 bits per heavy atom. The number of carbonyl (C=O) groups excluding carboxylic acids is 1. The molecule has 3 aromatic rings. The maximum absolute atomic E-state index is 13.9. The number of carboxylic acid groups (broad SMARTS) is 1. The number of hydrogen-bond donors (Lipinski definition) is 1. The number of hydrogen-bond acceptors (Lipinski definition) is 4. The number of carboxylic acids is 1. The van der Waals surface area contributed by atoms with Crippen LogP contribution in [-0.4, -0.2) is 39.0 Å². The second-order valence-electron chi connectivity index (χ2n) is 8.54. The zero-order valence-electron chi connectivity index (χ0n) is 19.2. The van der Waals surface area contributed by atoms with Crippen molar-refractivity contribution in [1.29, 1.82) is 0 Å². The van der Waals surface area contributed by atoms with Crippen molar-refractivity contribution >= 4 is 35.1 Å². The highest BCUT2D eigenvalue weighted by molar-refractivity contribution is 6.30. The first-order valence-electron chi connectivity index (χ1n) is 11.5. The van der Waals surface area contributed by atoms with Crippen LogP contribution in [0.1, 0.15) is 48.6 Å². The van der Waals surface area contributed by atoms with E-state index in [4.69, 9.17) is 27.9 Å². The third-order valence-electron chi connectivity index (χ3n) is 6.19. The predicted octanol–water partition coefficient (Wildman–Crippen LogP) is 5.89. The van der Waals surface area contributed by atoms with Crippen LogP contribution in [0.4, 0.5) is 0 Å². The van der Waals surface area contributed by atoms with Gasteiger partial charge in [-0.2, -0.15) is 0 Å². The van der Waals surface area contributed by atoms with Crippen molar-refractivity contribution in [3.05, 3.63) is 99.8 Å². The van der Waals surface area contributed by atoms with E-state index >= 15 is 0 Å². The number of amides is 1. The summed E-state index contributed by atoms with van der Waals surface area (Å²) >= 11 is 12.3. The van der Waals surface area contributed by atoms with Gasteiger partial charge in [-0.25, -0.2) is 4.79 Å². The lowest BCUT2D eigenvalue weighted by Gasteiger charge is -2.47. The summed E-state index contributed by atoms with van der Waals surface area (Å²) in [6.07, 6.45) is 3.07. The summed E-state index contributed by atoms with van der Waals surface area (Å²) in [6.45, 7) is 1.91. The van der Waals surface area contributed by atoms with E-state index in [9.17, 15) is 14.7 Å². The molecule has 0 bridgehead atoms. The Morgan fingerprint density at radius 3 is 2.11 bits per heavy atom. The highest BCUT2D eigenvalue weighted by atomic mass is 35.5. The van der Waals surface area contributed by atoms with Gasteiger partial charge in [0.2, 0.25) is 0 Å². The molecule has 1 amide bonds. The fourth-order valence-corrected chi connectivity index (χ4v) is 4.79. The molecule has 2 aromatic carbocycles. The first-order valence-corrected chi connectivity index (χ1v) is 12.2. The minimum atomic E-state index is -1.04. The van der Waals surface area contributed by atoms with Crippen molar-refractivity contribution < 1.29 is 19.4 Å². The van der Waals surface area contributed by atoms with E-state index < -0.39 is 30.3 Å². The zero-order valence-corrected chi connectivity index (χ0v) is 20.7. The van der Waals surface area contributed by atoms with Gasteiger partial charge in [0.05, 0.1) is 6.04 Å². The molecule has 0 aliphatic carbocycles. The van der Waals surface area contributed by atoms with E-state index in [0.29, 0.717) is 29.3 Å². The minimum absolute atomic E-state index is 0.299. The Labute approximate surface area is 214 Å². The molecule has 2 heterocycles. The summed E-state index contributed by atoms with van der Waals surface area (Å²) in [5.41, 5.74) is 2.42. The minimum Gasteiger partial charge on any atom is -0.480 e. The molecule has 1 saturated heterocycles. The van der Waals surface area contributed by atoms with Crippen molar-refractivity contribution in [3.63, 3.8) is 0 Å². The number of morpholine rings is 1. The predicted molar refractivity (Wildman–Crippen MR) is 134 cm³/mol. The number of benzene rings is 2. The number of nitrogens with zero attached hydrogens (tertiary/aromatic N) is 2. The number of ether oxygens (including phenoxy) is 1. The molecule has 1 aromatic heterocycles. The Balaban J connectivity index is 1.85. The van der Waals surface area contributed by atoms with Gasteiger partial charge in [0.1, 0.15) is 18.2 Å². The topological polar surface area (TPSA) is 79.7 Å². The van der Waals surface area contributed by atoms with Gasteiger partial charge in [-0.1, -0.05) is 60.8 Å². The van der Waals surface area contributed by atoms with Crippen molar-refractivity contribution in [2.45, 2.75) is 50.5 Å². The number of pyridine rings is 1. The summed E-state index contributed by atoms with van der Waals surface area (Å²) in [7, 11) is 0. The van der Waals surface area contributed by atoms with Gasteiger partial charge in [-0.05, 0) is 59.5 Å². The fraction of sp³-hybridized carbons (Fsp3) is 0.296. The van der Waals surface area contributed by atoms with Gasteiger partial charge < -0.3 is 14.7 Å². The van der Waals surface area contributed by atoms with E-state index in [1.54, 1.807) is 36.7 Å². The summed E-state index contributed by atoms with van der Waals surface area (Å²) in [5, 5.41) is 11.3. The average molecular weight is 513 g/mol. The van der Waals surface area contributed by atoms with Gasteiger partial charge in [-0.3, -0.25) is 9.78 Å². The quantitative estimate of drug-likeness (QED) is 0.406. The van der Waals surface area contributed by atoms with Crippen molar-refractivity contribution in [2.75, 3.05) is 0 Å². The second-order valence-corrected chi connectivity index (χ2v) is 9.41. The number of aromatic nitrogens is 1. The Kier molecular flexibility index (Phi) is 8.06. The molecule has 0 radical (unpaired) electrons. The first kappa shape index (κ1) is 25.2. The molecule has 1 aliphatic rings. The smallest absolute Gasteiger partial charge is 0.326 e. The van der Waals surface area contributed by atoms with E-state index in [0.717, 1.165) is 16.7 Å². The molecule has 6 nitrogen and oxygen atoms in total. The van der Waals surface area contributed by atoms with Crippen LogP contribution in [0.3, 0.4) is 0 Å². The molecule has 0 saturated carbocycles. The maximum Gasteiger partial charge on any atom is 0.326 e. The highest BCUT2D eigenvalue weighted by Crippen LogP contribution is 2.44. The van der Waals surface area contributed by atoms with Crippen molar-refractivity contribution in [2.24, 2.45) is 0 Å². The fourth-order valence-electron chi connectivity index (χ4n) is 4.54. The Morgan fingerprint density at radius 1 is 1.00 bits per heavy atom. The SMILES string of the molecule is CCCC(C(=O)O)N1C(=O)[C@@H](Cc2ccncc2)O[C@H](c2ccc(Cl)cc2)[C@@H]1c1ccc(Cl)cc1. The summed E-state index contributed by atoms with van der Waals surface area (Å²) in [5.74, 6) is -1.40. The average Bonchev–Trinajstić information content (AvgIpc) is 2.85. The molecule has 1 N–H and O–H groups in total. The number of aliphatic carboxylic acids is 1. The normalized spacial score (nSPS) is 21.1. The molecule has 4 rings (SSSR count). The Hall–Kier alpha value is -2.93. The molecular weight excluding hydrogens is 487 g/mol. The van der Waals surface area contributed by atoms with Gasteiger partial charge in [0, 0.05) is 28.9 Å². The monoisotopic (exact) mass is 512 g/mol. The molecule has 182 valence electrons. The standard InChI is InChI=1S/C27H26Cl2N2O4/c1-2-3-22(27(33)34)31-24(18-4-8-20(28)9-5-18)25(19-6-10-21(29)11-7-19)35-23(26(31)32)16-17-12-14-30-15-13-17/h4-15,22-25H,2-3,16H2,1H3,(H,33,34)/t22?,23-,24+,25-/m1/s1. The summed E-state index contributed by atoms with van der Waals surface area (Å²) < 4.78 is 6.48. The largest absolute Gasteiger partial charge is 0.480 e. The molecule has 35 heavy (non-hydrogen) atoms. The van der Waals surface area contributed by atoms with Gasteiger partial charge in [0.15, 0.2) is 0 Å². The van der Waals surface area contributed by atoms with Crippen LogP contribution in [-0.2, 0) is 20.7 Å². The second kappa shape index (κ2) is 11.2. The lowest BCUT2D eigenvalue weighted by molar-refractivity contribution is -0.184. The molecule has 4 atom stereocenters. The summed E-state index contributed by atoms with van der Waals surface area (Å²) in [6, 6.07) is 16.3. The van der Waals surface area contributed by atoms with Crippen LogP contribution in [0.2, 0.25) is 10.0 Å².